The van der Waals surface area contributed by atoms with E-state index in [1.54, 1.807) is 7.05 Å². The maximum atomic E-state index is 10.8. The Kier molecular flexibility index (Phi) is 24.5. The van der Waals surface area contributed by atoms with Crippen LogP contribution in [0.1, 0.15) is 41.5 Å². The largest absolute Gasteiger partial charge is 0.341 e. The van der Waals surface area contributed by atoms with E-state index in [1.807, 2.05) is 71.9 Å². The highest BCUT2D eigenvalue weighted by molar-refractivity contribution is 5.88. The molecule has 0 radical (unpaired) electrons. The van der Waals surface area contributed by atoms with Crippen molar-refractivity contribution in [2.75, 3.05) is 12.4 Å². The SMILES string of the molecule is CC.CC.CC.CNC(=O)Nc1ccccc1. The molecule has 0 aliphatic heterocycles. The summed E-state index contributed by atoms with van der Waals surface area (Å²) in [7, 11) is 1.58. The molecule has 0 aliphatic rings. The van der Waals surface area contributed by atoms with E-state index in [0.29, 0.717) is 0 Å². The van der Waals surface area contributed by atoms with Crippen LogP contribution in [0.15, 0.2) is 30.3 Å². The molecule has 0 atom stereocenters. The molecule has 3 nitrogen and oxygen atoms in total. The van der Waals surface area contributed by atoms with Crippen LogP contribution in [-0.4, -0.2) is 13.1 Å². The van der Waals surface area contributed by atoms with Gasteiger partial charge in [0.1, 0.15) is 0 Å². The van der Waals surface area contributed by atoms with Gasteiger partial charge in [-0.05, 0) is 12.1 Å². The number of benzene rings is 1. The first-order chi connectivity index (χ1) is 8.33. The number of anilines is 1. The van der Waals surface area contributed by atoms with Gasteiger partial charge in [-0.1, -0.05) is 59.7 Å². The van der Waals surface area contributed by atoms with Crippen molar-refractivity contribution in [3.63, 3.8) is 0 Å². The van der Waals surface area contributed by atoms with E-state index in [-0.39, 0.29) is 6.03 Å². The zero-order valence-corrected chi connectivity index (χ0v) is 12.3. The molecule has 0 aliphatic carbocycles. The van der Waals surface area contributed by atoms with E-state index < -0.39 is 0 Å². The van der Waals surface area contributed by atoms with Crippen LogP contribution in [0.25, 0.3) is 0 Å². The highest BCUT2D eigenvalue weighted by Crippen LogP contribution is 2.03. The number of nitrogens with one attached hydrogen (secondary N) is 2. The number of urea groups is 1. The summed E-state index contributed by atoms with van der Waals surface area (Å²) in [5.41, 5.74) is 0.798. The van der Waals surface area contributed by atoms with E-state index in [1.165, 1.54) is 0 Å². The summed E-state index contributed by atoms with van der Waals surface area (Å²) in [6.45, 7) is 12.0. The average molecular weight is 240 g/mol. The molecule has 3 heteroatoms. The lowest BCUT2D eigenvalue weighted by atomic mass is 10.3. The maximum Gasteiger partial charge on any atom is 0.318 e. The number of hydrogen-bond acceptors (Lipinski definition) is 1. The van der Waals surface area contributed by atoms with Crippen LogP contribution in [0.2, 0.25) is 0 Å². The van der Waals surface area contributed by atoms with Gasteiger partial charge in [0.2, 0.25) is 0 Å². The van der Waals surface area contributed by atoms with Crippen LogP contribution >= 0.6 is 0 Å². The first kappa shape index (κ1) is 20.8. The van der Waals surface area contributed by atoms with Crippen molar-refractivity contribution in [2.45, 2.75) is 41.5 Å². The number of hydrogen-bond donors (Lipinski definition) is 2. The maximum absolute atomic E-state index is 10.8. The van der Waals surface area contributed by atoms with Gasteiger partial charge in [-0.25, -0.2) is 4.79 Å². The van der Waals surface area contributed by atoms with Gasteiger partial charge in [0, 0.05) is 12.7 Å². The Morgan fingerprint density at radius 3 is 1.65 bits per heavy atom. The van der Waals surface area contributed by atoms with Gasteiger partial charge >= 0.3 is 6.03 Å². The van der Waals surface area contributed by atoms with Gasteiger partial charge in [0.15, 0.2) is 0 Å². The van der Waals surface area contributed by atoms with Gasteiger partial charge in [-0.3, -0.25) is 0 Å². The molecule has 0 aromatic heterocycles. The van der Waals surface area contributed by atoms with Gasteiger partial charge in [0.05, 0.1) is 0 Å². The minimum absolute atomic E-state index is 0.198. The molecule has 2 amide bonds. The minimum Gasteiger partial charge on any atom is -0.341 e. The molecule has 1 aromatic carbocycles. The summed E-state index contributed by atoms with van der Waals surface area (Å²) in [4.78, 5) is 10.8. The van der Waals surface area contributed by atoms with Gasteiger partial charge < -0.3 is 10.6 Å². The molecule has 0 bridgehead atoms. The lowest BCUT2D eigenvalue weighted by Gasteiger charge is -2.01. The Bertz CT molecular complexity index is 235. The molecule has 1 aromatic rings. The second kappa shape index (κ2) is 20.0. The summed E-state index contributed by atoms with van der Waals surface area (Å²) in [6, 6.07) is 9.09. The van der Waals surface area contributed by atoms with Gasteiger partial charge in [-0.15, -0.1) is 0 Å². The zero-order chi connectivity index (χ0) is 14.1. The summed E-state index contributed by atoms with van der Waals surface area (Å²) < 4.78 is 0. The van der Waals surface area contributed by atoms with Crippen molar-refractivity contribution in [1.29, 1.82) is 0 Å². The predicted octanol–water partition coefficient (Wildman–Crippen LogP) is 4.52. The Balaban J connectivity index is -0.000000285. The zero-order valence-electron chi connectivity index (χ0n) is 12.3. The second-order valence-corrected chi connectivity index (χ2v) is 2.07. The van der Waals surface area contributed by atoms with Crippen LogP contribution < -0.4 is 10.6 Å². The molecule has 0 spiro atoms. The topological polar surface area (TPSA) is 41.1 Å². The lowest BCUT2D eigenvalue weighted by Crippen LogP contribution is -2.24. The van der Waals surface area contributed by atoms with Crippen molar-refractivity contribution in [3.8, 4) is 0 Å². The first-order valence-electron chi connectivity index (χ1n) is 6.36. The molecule has 0 saturated carbocycles. The fourth-order valence-corrected chi connectivity index (χ4v) is 0.715. The Labute approximate surface area is 107 Å². The Morgan fingerprint density at radius 1 is 0.882 bits per heavy atom. The number of carbonyl (C=O) groups is 1. The van der Waals surface area contributed by atoms with Gasteiger partial charge in [-0.2, -0.15) is 0 Å². The van der Waals surface area contributed by atoms with Crippen LogP contribution in [0.3, 0.4) is 0 Å². The minimum atomic E-state index is -0.198. The van der Waals surface area contributed by atoms with Crippen LogP contribution in [0, 0.1) is 0 Å². The predicted molar refractivity (Wildman–Crippen MR) is 78.6 cm³/mol. The molecule has 17 heavy (non-hydrogen) atoms. The Morgan fingerprint density at radius 2 is 1.29 bits per heavy atom. The number of amides is 2. The normalized spacial score (nSPS) is 6.76. The molecular weight excluding hydrogens is 212 g/mol. The quantitative estimate of drug-likeness (QED) is 0.744. The highest BCUT2D eigenvalue weighted by Gasteiger charge is 1.94. The standard InChI is InChI=1S/C8H10N2O.3C2H6/c1-9-8(11)10-7-5-3-2-4-6-7;3*1-2/h2-6H,1H3,(H2,9,10,11);3*1-2H3. The lowest BCUT2D eigenvalue weighted by molar-refractivity contribution is 0.254. The van der Waals surface area contributed by atoms with E-state index in [2.05, 4.69) is 10.6 Å². The molecule has 2 N–H and O–H groups in total. The summed E-state index contributed by atoms with van der Waals surface area (Å²) in [6.07, 6.45) is 0. The van der Waals surface area contributed by atoms with Crippen molar-refractivity contribution in [1.82, 2.24) is 5.32 Å². The summed E-state index contributed by atoms with van der Waals surface area (Å²) in [5.74, 6) is 0. The Hall–Kier alpha value is -1.51. The van der Waals surface area contributed by atoms with E-state index >= 15 is 0 Å². The summed E-state index contributed by atoms with van der Waals surface area (Å²) in [5, 5.41) is 5.10. The molecule has 100 valence electrons. The monoisotopic (exact) mass is 240 g/mol. The summed E-state index contributed by atoms with van der Waals surface area (Å²) >= 11 is 0. The third-order valence-corrected chi connectivity index (χ3v) is 1.26. The van der Waals surface area contributed by atoms with E-state index in [0.717, 1.165) is 5.69 Å². The van der Waals surface area contributed by atoms with Crippen molar-refractivity contribution in [3.05, 3.63) is 30.3 Å². The highest BCUT2D eigenvalue weighted by atomic mass is 16.2. The van der Waals surface area contributed by atoms with Crippen LogP contribution in [-0.2, 0) is 0 Å². The first-order valence-corrected chi connectivity index (χ1v) is 6.36. The molecule has 0 fully saturated rings. The molecule has 0 saturated heterocycles. The number of carbonyl (C=O) groups excluding carboxylic acids is 1. The third-order valence-electron chi connectivity index (χ3n) is 1.26. The van der Waals surface area contributed by atoms with Crippen molar-refractivity contribution >= 4 is 11.7 Å². The van der Waals surface area contributed by atoms with Crippen LogP contribution in [0.4, 0.5) is 10.5 Å². The van der Waals surface area contributed by atoms with Crippen molar-refractivity contribution in [2.24, 2.45) is 0 Å². The fraction of sp³-hybridized carbons (Fsp3) is 0.500. The third kappa shape index (κ3) is 14.5. The number of para-hydroxylation sites is 1. The molecule has 0 heterocycles. The molecule has 0 unspecified atom stereocenters. The average Bonchev–Trinajstić information content (AvgIpc) is 2.46. The van der Waals surface area contributed by atoms with Crippen LogP contribution in [0.5, 0.6) is 0 Å². The van der Waals surface area contributed by atoms with Gasteiger partial charge in [0.25, 0.3) is 0 Å². The fourth-order valence-electron chi connectivity index (χ4n) is 0.715. The molecule has 1 rings (SSSR count). The smallest absolute Gasteiger partial charge is 0.318 e. The van der Waals surface area contributed by atoms with E-state index in [4.69, 9.17) is 0 Å². The van der Waals surface area contributed by atoms with Crippen molar-refractivity contribution < 1.29 is 4.79 Å². The number of rotatable bonds is 1. The second-order valence-electron chi connectivity index (χ2n) is 2.07. The van der Waals surface area contributed by atoms with E-state index in [9.17, 15) is 4.79 Å². The molecular formula is C14H28N2O.